The second-order valence-electron chi connectivity index (χ2n) is 5.47. The van der Waals surface area contributed by atoms with Gasteiger partial charge in [-0.3, -0.25) is 4.79 Å². The number of amides is 1. The van der Waals surface area contributed by atoms with Gasteiger partial charge in [-0.05, 0) is 37.5 Å². The molecule has 126 valence electrons. The Balaban J connectivity index is 0.00000132. The van der Waals surface area contributed by atoms with E-state index in [2.05, 4.69) is 10.3 Å². The van der Waals surface area contributed by atoms with E-state index in [-0.39, 0.29) is 43.1 Å². The Labute approximate surface area is 146 Å². The number of carbonyl (C=O) groups excluding carboxylic acids is 1. The number of hydrogen-bond donors (Lipinski definition) is 2. The highest BCUT2D eigenvalue weighted by Gasteiger charge is 2.45. The van der Waals surface area contributed by atoms with Crippen LogP contribution in [-0.2, 0) is 11.3 Å². The summed E-state index contributed by atoms with van der Waals surface area (Å²) in [6.07, 6.45) is 4.76. The molecule has 0 atom stereocenters. The minimum Gasteiger partial charge on any atom is -0.350 e. The number of halogens is 3. The van der Waals surface area contributed by atoms with Crippen LogP contribution in [0.15, 0.2) is 30.6 Å². The third kappa shape index (κ3) is 4.02. The lowest BCUT2D eigenvalue weighted by atomic mass is 10.1. The van der Waals surface area contributed by atoms with E-state index in [1.165, 1.54) is 6.07 Å². The zero-order chi connectivity index (χ0) is 15.0. The van der Waals surface area contributed by atoms with Gasteiger partial charge in [0.05, 0.1) is 11.2 Å². The van der Waals surface area contributed by atoms with Crippen LogP contribution in [0.5, 0.6) is 0 Å². The van der Waals surface area contributed by atoms with Gasteiger partial charge in [-0.15, -0.1) is 24.8 Å². The molecule has 0 spiro atoms. The molecule has 1 aliphatic rings. The number of nitrogens with two attached hydrogens (primary N) is 1. The highest BCUT2D eigenvalue weighted by molar-refractivity contribution is 5.88. The Bertz CT molecular complexity index is 701. The van der Waals surface area contributed by atoms with Gasteiger partial charge < -0.3 is 15.6 Å². The molecule has 1 fully saturated rings. The maximum atomic E-state index is 14.2. The number of aryl methyl sites for hydroxylation is 1. The van der Waals surface area contributed by atoms with Gasteiger partial charge in [0, 0.05) is 18.9 Å². The van der Waals surface area contributed by atoms with Crippen molar-refractivity contribution in [3.63, 3.8) is 0 Å². The largest absolute Gasteiger partial charge is 0.350 e. The number of imidazole rings is 1. The van der Waals surface area contributed by atoms with Gasteiger partial charge in [-0.1, -0.05) is 6.07 Å². The first-order valence-electron chi connectivity index (χ1n) is 6.85. The van der Waals surface area contributed by atoms with Crippen LogP contribution in [0, 0.1) is 12.7 Å². The van der Waals surface area contributed by atoms with Crippen LogP contribution in [0.4, 0.5) is 4.39 Å². The van der Waals surface area contributed by atoms with E-state index < -0.39 is 5.54 Å². The van der Waals surface area contributed by atoms with E-state index >= 15 is 0 Å². The smallest absolute Gasteiger partial charge is 0.240 e. The maximum Gasteiger partial charge on any atom is 0.240 e. The molecule has 3 N–H and O–H groups in total. The van der Waals surface area contributed by atoms with Crippen molar-refractivity contribution in [2.75, 3.05) is 0 Å². The molecule has 1 amide bonds. The van der Waals surface area contributed by atoms with Crippen LogP contribution in [-0.4, -0.2) is 21.0 Å². The number of carbonyl (C=O) groups is 1. The molecule has 1 aliphatic carbocycles. The fraction of sp³-hybridized carbons (Fsp3) is 0.333. The predicted octanol–water partition coefficient (Wildman–Crippen LogP) is 2.27. The number of hydrogen-bond acceptors (Lipinski definition) is 3. The minimum atomic E-state index is -0.702. The highest BCUT2D eigenvalue weighted by Crippen LogP contribution is 2.32. The van der Waals surface area contributed by atoms with Gasteiger partial charge in [0.15, 0.2) is 0 Å². The van der Waals surface area contributed by atoms with Crippen LogP contribution in [0.3, 0.4) is 0 Å². The Hall–Kier alpha value is -1.63. The van der Waals surface area contributed by atoms with Crippen molar-refractivity contribution >= 4 is 30.7 Å². The van der Waals surface area contributed by atoms with Crippen molar-refractivity contribution in [2.24, 2.45) is 5.73 Å². The van der Waals surface area contributed by atoms with Crippen molar-refractivity contribution in [3.05, 3.63) is 47.8 Å². The van der Waals surface area contributed by atoms with Crippen molar-refractivity contribution in [1.29, 1.82) is 0 Å². The molecule has 1 heterocycles. The SMILES string of the molecule is Cc1nccn1-c1ccc(CNC(=O)C2(N)CC2)cc1F.Cl.Cl. The Morgan fingerprint density at radius 2 is 2.13 bits per heavy atom. The van der Waals surface area contributed by atoms with Crippen LogP contribution in [0.25, 0.3) is 5.69 Å². The molecule has 0 bridgehead atoms. The first-order chi connectivity index (χ1) is 9.99. The summed E-state index contributed by atoms with van der Waals surface area (Å²) in [6, 6.07) is 4.89. The Morgan fingerprint density at radius 1 is 1.43 bits per heavy atom. The molecule has 0 aliphatic heterocycles. The van der Waals surface area contributed by atoms with Crippen LogP contribution in [0.2, 0.25) is 0 Å². The summed E-state index contributed by atoms with van der Waals surface area (Å²) in [5.74, 6) is 0.197. The van der Waals surface area contributed by atoms with Crippen molar-refractivity contribution in [3.8, 4) is 5.69 Å². The molecule has 23 heavy (non-hydrogen) atoms. The van der Waals surface area contributed by atoms with Crippen molar-refractivity contribution in [2.45, 2.75) is 31.8 Å². The van der Waals surface area contributed by atoms with E-state index in [4.69, 9.17) is 5.73 Å². The summed E-state index contributed by atoms with van der Waals surface area (Å²) in [7, 11) is 0. The fourth-order valence-corrected chi connectivity index (χ4v) is 2.21. The Morgan fingerprint density at radius 3 is 2.65 bits per heavy atom. The maximum absolute atomic E-state index is 14.2. The first kappa shape index (κ1) is 19.4. The summed E-state index contributed by atoms with van der Waals surface area (Å²) >= 11 is 0. The summed E-state index contributed by atoms with van der Waals surface area (Å²) < 4.78 is 15.9. The van der Waals surface area contributed by atoms with E-state index in [1.54, 1.807) is 29.1 Å². The zero-order valence-corrected chi connectivity index (χ0v) is 14.2. The van der Waals surface area contributed by atoms with Crippen molar-refractivity contribution in [1.82, 2.24) is 14.9 Å². The number of rotatable bonds is 4. The van der Waals surface area contributed by atoms with Crippen LogP contribution >= 0.6 is 24.8 Å². The van der Waals surface area contributed by atoms with E-state index in [0.717, 1.165) is 0 Å². The normalized spacial score (nSPS) is 14.4. The molecule has 0 unspecified atom stereocenters. The number of aromatic nitrogens is 2. The first-order valence-corrected chi connectivity index (χ1v) is 6.85. The van der Waals surface area contributed by atoms with Gasteiger partial charge in [-0.2, -0.15) is 0 Å². The van der Waals surface area contributed by atoms with Crippen LogP contribution in [0.1, 0.15) is 24.2 Å². The Kier molecular flexibility index (Phi) is 6.16. The van der Waals surface area contributed by atoms with E-state index in [0.29, 0.717) is 29.9 Å². The zero-order valence-electron chi connectivity index (χ0n) is 12.6. The highest BCUT2D eigenvalue weighted by atomic mass is 35.5. The lowest BCUT2D eigenvalue weighted by Gasteiger charge is -2.11. The summed E-state index contributed by atoms with van der Waals surface area (Å²) in [5, 5.41) is 2.74. The molecule has 0 saturated heterocycles. The van der Waals surface area contributed by atoms with Crippen LogP contribution < -0.4 is 11.1 Å². The molecule has 1 saturated carbocycles. The lowest BCUT2D eigenvalue weighted by Crippen LogP contribution is -2.42. The van der Waals surface area contributed by atoms with Gasteiger partial charge in [0.1, 0.15) is 11.6 Å². The number of nitrogens with zero attached hydrogens (tertiary/aromatic N) is 2. The standard InChI is InChI=1S/C15H17FN4O.2ClH/c1-10-18-6-7-20(10)13-3-2-11(8-12(13)16)9-19-14(21)15(17)4-5-15;;/h2-3,6-8H,4-5,9,17H2,1H3,(H,19,21);2*1H. The monoisotopic (exact) mass is 360 g/mol. The molecule has 5 nitrogen and oxygen atoms in total. The minimum absolute atomic E-state index is 0. The average Bonchev–Trinajstić information content (AvgIpc) is 3.07. The average molecular weight is 361 g/mol. The molecular formula is C15H19Cl2FN4O. The molecule has 0 radical (unpaired) electrons. The van der Waals surface area contributed by atoms with Gasteiger partial charge in [0.25, 0.3) is 0 Å². The molecule has 1 aromatic carbocycles. The molecule has 8 heteroatoms. The quantitative estimate of drug-likeness (QED) is 0.878. The fourth-order valence-electron chi connectivity index (χ4n) is 2.21. The van der Waals surface area contributed by atoms with Crippen molar-refractivity contribution < 1.29 is 9.18 Å². The van der Waals surface area contributed by atoms with E-state index in [9.17, 15) is 9.18 Å². The topological polar surface area (TPSA) is 72.9 Å². The van der Waals surface area contributed by atoms with Gasteiger partial charge >= 0.3 is 0 Å². The number of nitrogens with one attached hydrogen (secondary N) is 1. The summed E-state index contributed by atoms with van der Waals surface area (Å²) in [5.41, 5.74) is 6.23. The second kappa shape index (κ2) is 7.29. The second-order valence-corrected chi connectivity index (χ2v) is 5.47. The van der Waals surface area contributed by atoms with E-state index in [1.807, 2.05) is 6.92 Å². The predicted molar refractivity (Wildman–Crippen MR) is 90.8 cm³/mol. The molecular weight excluding hydrogens is 342 g/mol. The number of benzene rings is 1. The lowest BCUT2D eigenvalue weighted by molar-refractivity contribution is -0.123. The molecule has 1 aromatic heterocycles. The van der Waals surface area contributed by atoms with Gasteiger partial charge in [0.2, 0.25) is 5.91 Å². The third-order valence-corrected chi connectivity index (χ3v) is 3.79. The summed E-state index contributed by atoms with van der Waals surface area (Å²) in [6.45, 7) is 2.09. The van der Waals surface area contributed by atoms with Gasteiger partial charge in [-0.25, -0.2) is 9.37 Å². The molecule has 3 rings (SSSR count). The third-order valence-electron chi connectivity index (χ3n) is 3.79. The molecule has 2 aromatic rings. The summed E-state index contributed by atoms with van der Waals surface area (Å²) in [4.78, 5) is 15.8.